The van der Waals surface area contributed by atoms with Crippen molar-refractivity contribution in [1.82, 2.24) is 18.9 Å². The summed E-state index contributed by atoms with van der Waals surface area (Å²) in [6, 6.07) is 5.43. The fraction of sp³-hybridized carbons (Fsp3) is 0.0833. The van der Waals surface area contributed by atoms with Crippen LogP contribution in [-0.4, -0.2) is 18.9 Å². The normalized spacial score (nSPS) is 11.9. The number of pyridine rings is 1. The number of hydrogen-bond donors (Lipinski definition) is 0. The van der Waals surface area contributed by atoms with Gasteiger partial charge in [0.25, 0.3) is 5.56 Å². The first-order valence-corrected chi connectivity index (χ1v) is 5.56. The van der Waals surface area contributed by atoms with Gasteiger partial charge in [0, 0.05) is 24.7 Å². The van der Waals surface area contributed by atoms with E-state index in [1.54, 1.807) is 18.2 Å². The average Bonchev–Trinajstić information content (AvgIpc) is 2.83. The monoisotopic (exact) mass is 280 g/mol. The van der Waals surface area contributed by atoms with Gasteiger partial charge < -0.3 is 0 Å². The summed E-state index contributed by atoms with van der Waals surface area (Å²) in [6.07, 6.45) is -0.392. The molecule has 102 valence electrons. The van der Waals surface area contributed by atoms with Crippen molar-refractivity contribution in [1.29, 1.82) is 0 Å². The third-order valence-corrected chi connectivity index (χ3v) is 2.70. The quantitative estimate of drug-likeness (QED) is 0.684. The third-order valence-electron chi connectivity index (χ3n) is 2.70. The molecular formula is C12H7F3N4O. The van der Waals surface area contributed by atoms with Gasteiger partial charge in [0.05, 0.1) is 0 Å². The van der Waals surface area contributed by atoms with Crippen LogP contribution in [0, 0.1) is 0 Å². The summed E-state index contributed by atoms with van der Waals surface area (Å²) in [4.78, 5) is 19.2. The number of nitrogens with zero attached hydrogens (tertiary/aromatic N) is 4. The van der Waals surface area contributed by atoms with Gasteiger partial charge in [0.15, 0.2) is 5.69 Å². The number of alkyl halides is 3. The van der Waals surface area contributed by atoms with E-state index in [1.807, 2.05) is 0 Å². The summed E-state index contributed by atoms with van der Waals surface area (Å²) >= 11 is 0. The van der Waals surface area contributed by atoms with E-state index >= 15 is 0 Å². The predicted octanol–water partition coefficient (Wildman–Crippen LogP) is 1.90. The zero-order valence-corrected chi connectivity index (χ0v) is 9.87. The summed E-state index contributed by atoms with van der Waals surface area (Å²) in [5.74, 6) is 0.241. The van der Waals surface area contributed by atoms with Crippen LogP contribution in [0.4, 0.5) is 13.2 Å². The molecule has 0 aromatic carbocycles. The molecule has 3 heterocycles. The molecule has 0 radical (unpaired) electrons. The van der Waals surface area contributed by atoms with Gasteiger partial charge in [-0.2, -0.15) is 13.2 Å². The van der Waals surface area contributed by atoms with Crippen LogP contribution in [-0.2, 0) is 6.18 Å². The van der Waals surface area contributed by atoms with Crippen molar-refractivity contribution in [2.24, 2.45) is 0 Å². The van der Waals surface area contributed by atoms with E-state index in [-0.39, 0.29) is 5.78 Å². The van der Waals surface area contributed by atoms with Crippen LogP contribution in [0.1, 0.15) is 5.69 Å². The van der Waals surface area contributed by atoms with E-state index in [1.165, 1.54) is 23.2 Å². The molecule has 0 unspecified atom stereocenters. The Morgan fingerprint density at radius 3 is 2.60 bits per heavy atom. The molecule has 3 aromatic rings. The molecule has 0 saturated carbocycles. The van der Waals surface area contributed by atoms with Crippen LogP contribution in [0.2, 0.25) is 0 Å². The highest BCUT2D eigenvalue weighted by Gasteiger charge is 2.33. The van der Waals surface area contributed by atoms with Gasteiger partial charge in [-0.1, -0.05) is 6.07 Å². The fourth-order valence-electron chi connectivity index (χ4n) is 1.81. The molecular weight excluding hydrogens is 273 g/mol. The first-order valence-electron chi connectivity index (χ1n) is 5.56. The van der Waals surface area contributed by atoms with Gasteiger partial charge in [-0.15, -0.1) is 0 Å². The Balaban J connectivity index is 2.31. The van der Waals surface area contributed by atoms with Crippen LogP contribution in [0.3, 0.4) is 0 Å². The number of hydrogen-bond acceptors (Lipinski definition) is 3. The smallest absolute Gasteiger partial charge is 0.269 e. The van der Waals surface area contributed by atoms with E-state index in [4.69, 9.17) is 0 Å². The van der Waals surface area contributed by atoms with Crippen LogP contribution in [0.15, 0.2) is 47.7 Å². The molecule has 0 amide bonds. The summed E-state index contributed by atoms with van der Waals surface area (Å²) in [7, 11) is 0. The Kier molecular flexibility index (Phi) is 2.60. The first kappa shape index (κ1) is 12.4. The molecule has 0 bridgehead atoms. The van der Waals surface area contributed by atoms with Crippen LogP contribution in [0.5, 0.6) is 0 Å². The standard InChI is InChI=1S/C12H7F3N4O/c13-12(14,15)8-7-10(20)19-6-5-18(11(19)17-8)9-3-1-2-4-16-9/h1-7H. The van der Waals surface area contributed by atoms with Crippen LogP contribution in [0.25, 0.3) is 11.6 Å². The largest absolute Gasteiger partial charge is 0.433 e. The highest BCUT2D eigenvalue weighted by molar-refractivity contribution is 5.40. The topological polar surface area (TPSA) is 52.2 Å². The maximum absolute atomic E-state index is 12.7. The predicted molar refractivity (Wildman–Crippen MR) is 63.6 cm³/mol. The minimum absolute atomic E-state index is 0.136. The lowest BCUT2D eigenvalue weighted by Crippen LogP contribution is -2.19. The number of rotatable bonds is 1. The highest BCUT2D eigenvalue weighted by atomic mass is 19.4. The molecule has 0 aliphatic rings. The van der Waals surface area contributed by atoms with Crippen LogP contribution >= 0.6 is 0 Å². The van der Waals surface area contributed by atoms with Gasteiger partial charge >= 0.3 is 6.18 Å². The van der Waals surface area contributed by atoms with Crippen molar-refractivity contribution in [3.05, 3.63) is 58.9 Å². The van der Waals surface area contributed by atoms with Gasteiger partial charge in [0.2, 0.25) is 5.78 Å². The number of halogens is 3. The van der Waals surface area contributed by atoms with Crippen LogP contribution < -0.4 is 5.56 Å². The molecule has 5 nitrogen and oxygen atoms in total. The SMILES string of the molecule is O=c1cc(C(F)(F)F)nc2n(-c3ccccn3)ccn12. The van der Waals surface area contributed by atoms with E-state index in [9.17, 15) is 18.0 Å². The van der Waals surface area contributed by atoms with E-state index in [0.717, 1.165) is 4.40 Å². The van der Waals surface area contributed by atoms with Crippen molar-refractivity contribution in [3.8, 4) is 5.82 Å². The molecule has 0 atom stereocenters. The fourth-order valence-corrected chi connectivity index (χ4v) is 1.81. The van der Waals surface area contributed by atoms with Crippen molar-refractivity contribution in [3.63, 3.8) is 0 Å². The second-order valence-electron chi connectivity index (χ2n) is 4.00. The third kappa shape index (κ3) is 1.94. The van der Waals surface area contributed by atoms with E-state index < -0.39 is 17.4 Å². The number of aromatic nitrogens is 4. The van der Waals surface area contributed by atoms with E-state index in [2.05, 4.69) is 9.97 Å². The minimum atomic E-state index is -4.67. The minimum Gasteiger partial charge on any atom is -0.269 e. The lowest BCUT2D eigenvalue weighted by Gasteiger charge is -2.07. The molecule has 0 saturated heterocycles. The second kappa shape index (κ2) is 4.19. The molecule has 20 heavy (non-hydrogen) atoms. The van der Waals surface area contributed by atoms with Crippen molar-refractivity contribution in [2.45, 2.75) is 6.18 Å². The molecule has 0 aliphatic carbocycles. The van der Waals surface area contributed by atoms with Crippen molar-refractivity contribution < 1.29 is 13.2 Å². The maximum atomic E-state index is 12.7. The Morgan fingerprint density at radius 2 is 1.95 bits per heavy atom. The molecule has 8 heteroatoms. The highest BCUT2D eigenvalue weighted by Crippen LogP contribution is 2.27. The summed E-state index contributed by atoms with van der Waals surface area (Å²) in [5, 5.41) is 0. The molecule has 3 rings (SSSR count). The Morgan fingerprint density at radius 1 is 1.15 bits per heavy atom. The maximum Gasteiger partial charge on any atom is 0.433 e. The average molecular weight is 280 g/mol. The van der Waals surface area contributed by atoms with E-state index in [0.29, 0.717) is 11.9 Å². The second-order valence-corrected chi connectivity index (χ2v) is 4.00. The zero-order chi connectivity index (χ0) is 14.3. The summed E-state index contributed by atoms with van der Waals surface area (Å²) in [5.41, 5.74) is -2.02. The van der Waals surface area contributed by atoms with Gasteiger partial charge in [-0.25, -0.2) is 9.97 Å². The number of fused-ring (bicyclic) bond motifs is 1. The van der Waals surface area contributed by atoms with Gasteiger partial charge in [-0.05, 0) is 12.1 Å². The first-order chi connectivity index (χ1) is 9.47. The molecule has 0 spiro atoms. The summed E-state index contributed by atoms with van der Waals surface area (Å²) < 4.78 is 40.4. The zero-order valence-electron chi connectivity index (χ0n) is 9.87. The number of imidazole rings is 1. The van der Waals surface area contributed by atoms with Crippen molar-refractivity contribution in [2.75, 3.05) is 0 Å². The van der Waals surface area contributed by atoms with Crippen molar-refractivity contribution >= 4 is 5.78 Å². The molecule has 0 aliphatic heterocycles. The lowest BCUT2D eigenvalue weighted by molar-refractivity contribution is -0.141. The Labute approximate surface area is 109 Å². The molecule has 0 fully saturated rings. The lowest BCUT2D eigenvalue weighted by atomic mass is 10.4. The Hall–Kier alpha value is -2.64. The molecule has 0 N–H and O–H groups in total. The summed E-state index contributed by atoms with van der Waals surface area (Å²) in [6.45, 7) is 0. The van der Waals surface area contributed by atoms with Gasteiger partial charge in [-0.3, -0.25) is 13.8 Å². The Bertz CT molecular complexity index is 820. The molecule has 3 aromatic heterocycles. The van der Waals surface area contributed by atoms with Gasteiger partial charge in [0.1, 0.15) is 5.82 Å².